The van der Waals surface area contributed by atoms with Gasteiger partial charge in [-0.1, -0.05) is 29.3 Å². The first-order valence-electron chi connectivity index (χ1n) is 6.76. The van der Waals surface area contributed by atoms with Gasteiger partial charge in [0, 0.05) is 38.6 Å². The van der Waals surface area contributed by atoms with Gasteiger partial charge in [0.2, 0.25) is 5.91 Å². The van der Waals surface area contributed by atoms with Gasteiger partial charge in [0.05, 0.1) is 15.7 Å². The lowest BCUT2D eigenvalue weighted by molar-refractivity contribution is -0.116. The van der Waals surface area contributed by atoms with Gasteiger partial charge in [0.1, 0.15) is 0 Å². The summed E-state index contributed by atoms with van der Waals surface area (Å²) in [7, 11) is 0. The molecule has 1 atom stereocenters. The van der Waals surface area contributed by atoms with Crippen molar-refractivity contribution in [3.05, 3.63) is 28.2 Å². The summed E-state index contributed by atoms with van der Waals surface area (Å²) < 4.78 is 0. The molecule has 0 saturated carbocycles. The van der Waals surface area contributed by atoms with Crippen LogP contribution in [-0.2, 0) is 4.79 Å². The largest absolute Gasteiger partial charge is 0.324 e. The lowest BCUT2D eigenvalue weighted by Gasteiger charge is -2.31. The molecule has 0 unspecified atom stereocenters. The Morgan fingerprint density at radius 2 is 2.15 bits per heavy atom. The number of rotatable bonds is 4. The smallest absolute Gasteiger partial charge is 0.225 e. The first-order chi connectivity index (χ1) is 9.56. The second kappa shape index (κ2) is 7.27. The normalized spacial score (nSPS) is 19.9. The van der Waals surface area contributed by atoms with Gasteiger partial charge >= 0.3 is 0 Å². The number of carbonyl (C=O) groups is 1. The molecule has 1 aliphatic heterocycles. The van der Waals surface area contributed by atoms with Gasteiger partial charge in [-0.15, -0.1) is 0 Å². The van der Waals surface area contributed by atoms with Crippen LogP contribution in [-0.4, -0.2) is 43.0 Å². The fraction of sp³-hybridized carbons (Fsp3) is 0.500. The van der Waals surface area contributed by atoms with Crippen molar-refractivity contribution >= 4 is 34.8 Å². The van der Waals surface area contributed by atoms with Crippen molar-refractivity contribution < 1.29 is 4.79 Å². The molecule has 4 nitrogen and oxygen atoms in total. The maximum atomic E-state index is 12.0. The molecular weight excluding hydrogens is 297 g/mol. The van der Waals surface area contributed by atoms with Crippen LogP contribution in [0.25, 0.3) is 0 Å². The van der Waals surface area contributed by atoms with Crippen molar-refractivity contribution in [2.45, 2.75) is 19.4 Å². The minimum Gasteiger partial charge on any atom is -0.324 e. The van der Waals surface area contributed by atoms with E-state index in [0.717, 1.165) is 26.2 Å². The van der Waals surface area contributed by atoms with Crippen molar-refractivity contribution in [3.8, 4) is 0 Å². The second-order valence-corrected chi connectivity index (χ2v) is 5.87. The third-order valence-electron chi connectivity index (χ3n) is 3.34. The van der Waals surface area contributed by atoms with E-state index in [1.165, 1.54) is 0 Å². The minimum absolute atomic E-state index is 0.0637. The number of para-hydroxylation sites is 1. The van der Waals surface area contributed by atoms with Crippen LogP contribution >= 0.6 is 23.2 Å². The molecule has 0 radical (unpaired) electrons. The summed E-state index contributed by atoms with van der Waals surface area (Å²) in [5.74, 6) is -0.0637. The van der Waals surface area contributed by atoms with Gasteiger partial charge in [-0.2, -0.15) is 0 Å². The van der Waals surface area contributed by atoms with Gasteiger partial charge in [-0.05, 0) is 19.1 Å². The number of piperazine rings is 1. The van der Waals surface area contributed by atoms with Crippen molar-refractivity contribution in [1.82, 2.24) is 10.2 Å². The summed E-state index contributed by atoms with van der Waals surface area (Å²) >= 11 is 12.0. The standard InChI is InChI=1S/C14H19Cl2N3O/c1-10-9-19(8-6-17-10)7-5-13(20)18-14-11(15)3-2-4-12(14)16/h2-4,10,17H,5-9H2,1H3,(H,18,20)/t10-/m1/s1. The molecule has 1 fully saturated rings. The van der Waals surface area contributed by atoms with E-state index in [1.54, 1.807) is 18.2 Å². The molecule has 2 N–H and O–H groups in total. The Morgan fingerprint density at radius 3 is 2.80 bits per heavy atom. The van der Waals surface area contributed by atoms with Crippen LogP contribution in [0.15, 0.2) is 18.2 Å². The zero-order chi connectivity index (χ0) is 14.5. The van der Waals surface area contributed by atoms with Crippen molar-refractivity contribution in [2.75, 3.05) is 31.5 Å². The van der Waals surface area contributed by atoms with Gasteiger partial charge in [0.15, 0.2) is 0 Å². The van der Waals surface area contributed by atoms with E-state index >= 15 is 0 Å². The van der Waals surface area contributed by atoms with Crippen LogP contribution < -0.4 is 10.6 Å². The van der Waals surface area contributed by atoms with E-state index in [4.69, 9.17) is 23.2 Å². The average molecular weight is 316 g/mol. The highest BCUT2D eigenvalue weighted by molar-refractivity contribution is 6.39. The SMILES string of the molecule is C[C@@H]1CN(CCC(=O)Nc2c(Cl)cccc2Cl)CCN1. The fourth-order valence-corrected chi connectivity index (χ4v) is 2.79. The molecule has 1 heterocycles. The third kappa shape index (κ3) is 4.35. The van der Waals surface area contributed by atoms with Crippen LogP contribution in [0.2, 0.25) is 10.0 Å². The number of benzene rings is 1. The van der Waals surface area contributed by atoms with Gasteiger partial charge in [0.25, 0.3) is 0 Å². The van der Waals surface area contributed by atoms with E-state index in [1.807, 2.05) is 0 Å². The molecule has 6 heteroatoms. The Bertz CT molecular complexity index is 461. The Kier molecular flexibility index (Phi) is 5.66. The number of anilines is 1. The average Bonchev–Trinajstić information content (AvgIpc) is 2.41. The summed E-state index contributed by atoms with van der Waals surface area (Å²) in [4.78, 5) is 14.3. The molecule has 0 bridgehead atoms. The first kappa shape index (κ1) is 15.6. The van der Waals surface area contributed by atoms with Gasteiger partial charge in [-0.25, -0.2) is 0 Å². The molecule has 0 aliphatic carbocycles. The van der Waals surface area contributed by atoms with Crippen LogP contribution in [0, 0.1) is 0 Å². The lowest BCUT2D eigenvalue weighted by Crippen LogP contribution is -2.49. The van der Waals surface area contributed by atoms with Crippen molar-refractivity contribution in [2.24, 2.45) is 0 Å². The zero-order valence-corrected chi connectivity index (χ0v) is 13.0. The molecule has 2 rings (SSSR count). The minimum atomic E-state index is -0.0637. The molecule has 1 saturated heterocycles. The van der Waals surface area contributed by atoms with Crippen LogP contribution in [0.5, 0.6) is 0 Å². The number of halogens is 2. The zero-order valence-electron chi connectivity index (χ0n) is 11.5. The quantitative estimate of drug-likeness (QED) is 0.897. The summed E-state index contributed by atoms with van der Waals surface area (Å²) in [6.45, 7) is 5.82. The number of hydrogen-bond acceptors (Lipinski definition) is 3. The summed E-state index contributed by atoms with van der Waals surface area (Å²) in [6.07, 6.45) is 0.439. The second-order valence-electron chi connectivity index (χ2n) is 5.05. The molecule has 1 aliphatic rings. The molecule has 1 aromatic carbocycles. The first-order valence-corrected chi connectivity index (χ1v) is 7.51. The Balaban J connectivity index is 1.83. The Morgan fingerprint density at radius 1 is 1.45 bits per heavy atom. The maximum Gasteiger partial charge on any atom is 0.225 e. The van der Waals surface area contributed by atoms with E-state index in [-0.39, 0.29) is 5.91 Å². The van der Waals surface area contributed by atoms with Crippen LogP contribution in [0.1, 0.15) is 13.3 Å². The van der Waals surface area contributed by atoms with E-state index in [0.29, 0.717) is 28.2 Å². The van der Waals surface area contributed by atoms with Gasteiger partial charge < -0.3 is 15.5 Å². The highest BCUT2D eigenvalue weighted by atomic mass is 35.5. The van der Waals surface area contributed by atoms with E-state index < -0.39 is 0 Å². The molecule has 0 spiro atoms. The maximum absolute atomic E-state index is 12.0. The molecule has 0 aromatic heterocycles. The number of amides is 1. The fourth-order valence-electron chi connectivity index (χ4n) is 2.29. The predicted molar refractivity (Wildman–Crippen MR) is 83.6 cm³/mol. The summed E-state index contributed by atoms with van der Waals surface area (Å²) in [5.41, 5.74) is 0.495. The van der Waals surface area contributed by atoms with Crippen LogP contribution in [0.3, 0.4) is 0 Å². The van der Waals surface area contributed by atoms with Crippen molar-refractivity contribution in [1.29, 1.82) is 0 Å². The number of hydrogen-bond donors (Lipinski definition) is 2. The Labute approximate surface area is 129 Å². The van der Waals surface area contributed by atoms with Crippen LogP contribution in [0.4, 0.5) is 5.69 Å². The highest BCUT2D eigenvalue weighted by Crippen LogP contribution is 2.29. The van der Waals surface area contributed by atoms with Gasteiger partial charge in [-0.3, -0.25) is 4.79 Å². The number of nitrogens with zero attached hydrogens (tertiary/aromatic N) is 1. The monoisotopic (exact) mass is 315 g/mol. The summed E-state index contributed by atoms with van der Waals surface area (Å²) in [6, 6.07) is 5.65. The molecule has 110 valence electrons. The van der Waals surface area contributed by atoms with E-state index in [2.05, 4.69) is 22.5 Å². The summed E-state index contributed by atoms with van der Waals surface area (Å²) in [5, 5.41) is 7.08. The molecular formula is C14H19Cl2N3O. The molecule has 20 heavy (non-hydrogen) atoms. The van der Waals surface area contributed by atoms with Crippen molar-refractivity contribution in [3.63, 3.8) is 0 Å². The number of nitrogens with one attached hydrogen (secondary N) is 2. The highest BCUT2D eigenvalue weighted by Gasteiger charge is 2.16. The topological polar surface area (TPSA) is 44.4 Å². The molecule has 1 amide bonds. The predicted octanol–water partition coefficient (Wildman–Crippen LogP) is 2.62. The third-order valence-corrected chi connectivity index (χ3v) is 3.97. The Hall–Kier alpha value is -0.810. The molecule has 1 aromatic rings. The van der Waals surface area contributed by atoms with E-state index in [9.17, 15) is 4.79 Å². The number of carbonyl (C=O) groups excluding carboxylic acids is 1. The lowest BCUT2D eigenvalue weighted by atomic mass is 10.2.